The van der Waals surface area contributed by atoms with E-state index in [1.54, 1.807) is 0 Å². The van der Waals surface area contributed by atoms with Crippen molar-refractivity contribution >= 4 is 0 Å². The number of aryl methyl sites for hydroxylation is 1. The summed E-state index contributed by atoms with van der Waals surface area (Å²) >= 11 is 0. The lowest BCUT2D eigenvalue weighted by atomic mass is 10.2. The molecule has 0 amide bonds. The summed E-state index contributed by atoms with van der Waals surface area (Å²) in [6, 6.07) is 0. The van der Waals surface area contributed by atoms with E-state index in [4.69, 9.17) is 0 Å². The van der Waals surface area contributed by atoms with Gasteiger partial charge < -0.3 is 5.32 Å². The predicted molar refractivity (Wildman–Crippen MR) is 54.7 cm³/mol. The summed E-state index contributed by atoms with van der Waals surface area (Å²) in [6.07, 6.45) is 3.96. The molecule has 0 atom stereocenters. The lowest BCUT2D eigenvalue weighted by molar-refractivity contribution is 0.506. The Morgan fingerprint density at radius 3 is 2.85 bits per heavy atom. The van der Waals surface area contributed by atoms with Crippen LogP contribution in [0, 0.1) is 12.8 Å². The van der Waals surface area contributed by atoms with Gasteiger partial charge in [-0.2, -0.15) is 5.10 Å². The minimum Gasteiger partial charge on any atom is -0.315 e. The molecule has 0 aromatic carbocycles. The number of aromatic nitrogens is 2. The molecule has 0 bridgehead atoms. The third-order valence-corrected chi connectivity index (χ3v) is 1.83. The van der Waals surface area contributed by atoms with Crippen molar-refractivity contribution in [1.82, 2.24) is 15.1 Å². The van der Waals surface area contributed by atoms with E-state index in [1.807, 2.05) is 10.9 Å². The molecule has 3 heteroatoms. The zero-order valence-electron chi connectivity index (χ0n) is 8.75. The van der Waals surface area contributed by atoms with E-state index in [2.05, 4.69) is 37.4 Å². The summed E-state index contributed by atoms with van der Waals surface area (Å²) in [5.41, 5.74) is 1.23. The standard InChI is InChI=1S/C10H19N3/c1-9(2)6-11-4-5-13-8-10(3)7-12-13/h7-9,11H,4-6H2,1-3H3. The van der Waals surface area contributed by atoms with Crippen molar-refractivity contribution in [3.63, 3.8) is 0 Å². The van der Waals surface area contributed by atoms with Gasteiger partial charge in [0.25, 0.3) is 0 Å². The molecule has 1 aromatic rings. The van der Waals surface area contributed by atoms with Gasteiger partial charge in [-0.15, -0.1) is 0 Å². The summed E-state index contributed by atoms with van der Waals surface area (Å²) in [4.78, 5) is 0. The maximum absolute atomic E-state index is 4.21. The maximum atomic E-state index is 4.21. The van der Waals surface area contributed by atoms with Gasteiger partial charge in [-0.3, -0.25) is 4.68 Å². The summed E-state index contributed by atoms with van der Waals surface area (Å²) in [5.74, 6) is 0.722. The van der Waals surface area contributed by atoms with Gasteiger partial charge >= 0.3 is 0 Å². The van der Waals surface area contributed by atoms with Crippen molar-refractivity contribution in [2.45, 2.75) is 27.3 Å². The highest BCUT2D eigenvalue weighted by Gasteiger charge is 1.94. The maximum Gasteiger partial charge on any atom is 0.0534 e. The number of hydrogen-bond donors (Lipinski definition) is 1. The van der Waals surface area contributed by atoms with Gasteiger partial charge in [0.2, 0.25) is 0 Å². The minimum absolute atomic E-state index is 0.722. The van der Waals surface area contributed by atoms with Crippen LogP contribution >= 0.6 is 0 Å². The molecular weight excluding hydrogens is 162 g/mol. The first-order valence-electron chi connectivity index (χ1n) is 4.88. The Morgan fingerprint density at radius 1 is 1.54 bits per heavy atom. The Labute approximate surface area is 80.1 Å². The van der Waals surface area contributed by atoms with Gasteiger partial charge in [-0.05, 0) is 24.9 Å². The Bertz CT molecular complexity index is 240. The SMILES string of the molecule is Cc1cnn(CCNCC(C)C)c1. The molecule has 3 nitrogen and oxygen atoms in total. The van der Waals surface area contributed by atoms with Crippen LogP contribution in [0.4, 0.5) is 0 Å². The Morgan fingerprint density at radius 2 is 2.31 bits per heavy atom. The van der Waals surface area contributed by atoms with Gasteiger partial charge in [0.05, 0.1) is 12.7 Å². The molecule has 1 rings (SSSR count). The molecule has 1 heterocycles. The highest BCUT2D eigenvalue weighted by molar-refractivity contribution is 4.99. The van der Waals surface area contributed by atoms with Crippen LogP contribution in [0.2, 0.25) is 0 Å². The van der Waals surface area contributed by atoms with Crippen LogP contribution in [-0.2, 0) is 6.54 Å². The average Bonchev–Trinajstić information content (AvgIpc) is 2.45. The van der Waals surface area contributed by atoms with Crippen molar-refractivity contribution in [3.05, 3.63) is 18.0 Å². The summed E-state index contributed by atoms with van der Waals surface area (Å²) in [5, 5.41) is 7.59. The number of nitrogens with one attached hydrogen (secondary N) is 1. The second-order valence-electron chi connectivity index (χ2n) is 3.88. The van der Waals surface area contributed by atoms with Crippen LogP contribution in [0.1, 0.15) is 19.4 Å². The smallest absolute Gasteiger partial charge is 0.0534 e. The van der Waals surface area contributed by atoms with Crippen LogP contribution in [0.25, 0.3) is 0 Å². The second-order valence-corrected chi connectivity index (χ2v) is 3.88. The Kier molecular flexibility index (Phi) is 3.96. The topological polar surface area (TPSA) is 29.9 Å². The molecule has 0 radical (unpaired) electrons. The highest BCUT2D eigenvalue weighted by Crippen LogP contribution is 1.93. The molecule has 0 aliphatic carbocycles. The van der Waals surface area contributed by atoms with E-state index in [1.165, 1.54) is 5.56 Å². The zero-order chi connectivity index (χ0) is 9.68. The van der Waals surface area contributed by atoms with Crippen molar-refractivity contribution in [3.8, 4) is 0 Å². The molecule has 0 aliphatic rings. The van der Waals surface area contributed by atoms with E-state index in [0.717, 1.165) is 25.6 Å². The normalized spacial score (nSPS) is 11.1. The monoisotopic (exact) mass is 181 g/mol. The lowest BCUT2D eigenvalue weighted by Gasteiger charge is -2.06. The second kappa shape index (κ2) is 5.02. The van der Waals surface area contributed by atoms with Gasteiger partial charge in [0.1, 0.15) is 0 Å². The average molecular weight is 181 g/mol. The molecule has 0 aliphatic heterocycles. The molecule has 0 saturated carbocycles. The summed E-state index contributed by atoms with van der Waals surface area (Å²) < 4.78 is 1.97. The quantitative estimate of drug-likeness (QED) is 0.697. The number of rotatable bonds is 5. The van der Waals surface area contributed by atoms with Crippen molar-refractivity contribution in [2.75, 3.05) is 13.1 Å². The van der Waals surface area contributed by atoms with Crippen molar-refractivity contribution in [2.24, 2.45) is 5.92 Å². The molecular formula is C10H19N3. The number of hydrogen-bond acceptors (Lipinski definition) is 2. The van der Waals surface area contributed by atoms with Crippen LogP contribution in [0.3, 0.4) is 0 Å². The third-order valence-electron chi connectivity index (χ3n) is 1.83. The number of nitrogens with zero attached hydrogens (tertiary/aromatic N) is 2. The van der Waals surface area contributed by atoms with Crippen LogP contribution in [-0.4, -0.2) is 22.9 Å². The van der Waals surface area contributed by atoms with Crippen LogP contribution in [0.5, 0.6) is 0 Å². The fourth-order valence-electron chi connectivity index (χ4n) is 1.17. The molecule has 1 N–H and O–H groups in total. The van der Waals surface area contributed by atoms with Gasteiger partial charge in [-0.1, -0.05) is 13.8 Å². The summed E-state index contributed by atoms with van der Waals surface area (Å²) in [6.45, 7) is 9.53. The predicted octanol–water partition coefficient (Wildman–Crippen LogP) is 1.44. The fraction of sp³-hybridized carbons (Fsp3) is 0.700. The summed E-state index contributed by atoms with van der Waals surface area (Å²) in [7, 11) is 0. The first-order valence-corrected chi connectivity index (χ1v) is 4.88. The molecule has 0 spiro atoms. The van der Waals surface area contributed by atoms with Crippen LogP contribution < -0.4 is 5.32 Å². The largest absolute Gasteiger partial charge is 0.315 e. The lowest BCUT2D eigenvalue weighted by Crippen LogP contribution is -2.24. The minimum atomic E-state index is 0.722. The zero-order valence-corrected chi connectivity index (χ0v) is 8.75. The van der Waals surface area contributed by atoms with Gasteiger partial charge in [0.15, 0.2) is 0 Å². The fourth-order valence-corrected chi connectivity index (χ4v) is 1.17. The van der Waals surface area contributed by atoms with E-state index in [9.17, 15) is 0 Å². The molecule has 0 saturated heterocycles. The van der Waals surface area contributed by atoms with Crippen molar-refractivity contribution in [1.29, 1.82) is 0 Å². The molecule has 13 heavy (non-hydrogen) atoms. The van der Waals surface area contributed by atoms with E-state index in [0.29, 0.717) is 0 Å². The first-order chi connectivity index (χ1) is 6.18. The van der Waals surface area contributed by atoms with E-state index >= 15 is 0 Å². The molecule has 74 valence electrons. The third kappa shape index (κ3) is 4.08. The van der Waals surface area contributed by atoms with Crippen molar-refractivity contribution < 1.29 is 0 Å². The van der Waals surface area contributed by atoms with Gasteiger partial charge in [-0.25, -0.2) is 0 Å². The van der Waals surface area contributed by atoms with E-state index < -0.39 is 0 Å². The Balaban J connectivity index is 2.13. The van der Waals surface area contributed by atoms with Crippen LogP contribution in [0.15, 0.2) is 12.4 Å². The molecule has 1 aromatic heterocycles. The first kappa shape index (κ1) is 10.3. The molecule has 0 unspecified atom stereocenters. The van der Waals surface area contributed by atoms with E-state index in [-0.39, 0.29) is 0 Å². The Hall–Kier alpha value is -0.830. The highest BCUT2D eigenvalue weighted by atomic mass is 15.3. The van der Waals surface area contributed by atoms with Gasteiger partial charge in [0, 0.05) is 12.7 Å². The molecule has 0 fully saturated rings.